The highest BCUT2D eigenvalue weighted by atomic mass is 16.4. The molecule has 0 radical (unpaired) electrons. The third-order valence-corrected chi connectivity index (χ3v) is 6.29. The smallest absolute Gasteiger partial charge is 0.336 e. The van der Waals surface area contributed by atoms with Crippen molar-refractivity contribution in [1.29, 1.82) is 0 Å². The van der Waals surface area contributed by atoms with Gasteiger partial charge in [-0.25, -0.2) is 14.4 Å². The van der Waals surface area contributed by atoms with Crippen LogP contribution in [0, 0.1) is 0 Å². The van der Waals surface area contributed by atoms with Crippen molar-refractivity contribution >= 4 is 55.2 Å². The highest BCUT2D eigenvalue weighted by Gasteiger charge is 2.07. The molecule has 6 N–H and O–H groups in total. The first-order valence-corrected chi connectivity index (χ1v) is 12.5. The number of anilines is 2. The van der Waals surface area contributed by atoms with Crippen LogP contribution in [0.4, 0.5) is 11.4 Å². The van der Waals surface area contributed by atoms with Crippen molar-refractivity contribution in [2.24, 2.45) is 0 Å². The molecule has 0 amide bonds. The monoisotopic (exact) mass is 551 g/mol. The van der Waals surface area contributed by atoms with Crippen molar-refractivity contribution < 1.29 is 18.4 Å². The molecule has 0 atom stereocenters. The van der Waals surface area contributed by atoms with Crippen LogP contribution in [-0.4, -0.2) is 16.7 Å². The summed E-state index contributed by atoms with van der Waals surface area (Å²) in [6.45, 7) is 0.0163. The minimum absolute atomic E-state index is 0.0163. The maximum atomic E-state index is 11.0. The van der Waals surface area contributed by atoms with Crippen molar-refractivity contribution in [3.8, 4) is 0 Å². The Balaban J connectivity index is 0.000000124. The van der Waals surface area contributed by atoms with E-state index in [1.807, 2.05) is 18.3 Å². The molecule has 0 bridgehead atoms. The van der Waals surface area contributed by atoms with Crippen molar-refractivity contribution in [1.82, 2.24) is 4.98 Å². The SMILES string of the molecule is Nc1ccc2oc(=O)ccc2c1.Nc1ccc2oc(=O)ccc2c1CCO.O=c1ccc2c(ccc3[nH]ccc32)o1. The number of aromatic amines is 1. The van der Waals surface area contributed by atoms with Crippen LogP contribution in [-0.2, 0) is 6.42 Å². The van der Waals surface area contributed by atoms with Gasteiger partial charge < -0.3 is 34.8 Å². The molecule has 0 saturated heterocycles. The van der Waals surface area contributed by atoms with E-state index < -0.39 is 0 Å². The number of aromatic nitrogens is 1. The van der Waals surface area contributed by atoms with Crippen molar-refractivity contribution in [2.45, 2.75) is 6.42 Å². The first kappa shape index (κ1) is 27.0. The number of H-pyrrole nitrogens is 1. The normalized spacial score (nSPS) is 10.8. The van der Waals surface area contributed by atoms with Gasteiger partial charge in [-0.05, 0) is 78.7 Å². The van der Waals surface area contributed by atoms with Crippen LogP contribution in [0.3, 0.4) is 0 Å². The number of rotatable bonds is 2. The summed E-state index contributed by atoms with van der Waals surface area (Å²) >= 11 is 0. The van der Waals surface area contributed by atoms with Crippen molar-refractivity contribution in [3.05, 3.63) is 128 Å². The minimum atomic E-state index is -0.387. The fourth-order valence-electron chi connectivity index (χ4n) is 4.40. The molecule has 7 aromatic rings. The van der Waals surface area contributed by atoms with E-state index in [9.17, 15) is 14.4 Å². The number of nitrogens with two attached hydrogens (primary N) is 2. The molecule has 3 aromatic carbocycles. The maximum absolute atomic E-state index is 11.0. The minimum Gasteiger partial charge on any atom is -0.423 e. The Morgan fingerprint density at radius 2 is 1.24 bits per heavy atom. The number of aliphatic hydroxyl groups excluding tert-OH is 1. The highest BCUT2D eigenvalue weighted by Crippen LogP contribution is 2.24. The summed E-state index contributed by atoms with van der Waals surface area (Å²) in [5, 5.41) is 12.6. The molecule has 0 fully saturated rings. The van der Waals surface area contributed by atoms with Gasteiger partial charge in [-0.1, -0.05) is 0 Å². The van der Waals surface area contributed by atoms with Crippen LogP contribution >= 0.6 is 0 Å². The number of benzene rings is 3. The topological polar surface area (TPSA) is 179 Å². The van der Waals surface area contributed by atoms with E-state index in [1.54, 1.807) is 54.6 Å². The van der Waals surface area contributed by atoms with E-state index >= 15 is 0 Å². The largest absolute Gasteiger partial charge is 0.423 e. The van der Waals surface area contributed by atoms with Gasteiger partial charge in [0, 0.05) is 69.4 Å². The molecule has 0 spiro atoms. The number of hydrogen-bond acceptors (Lipinski definition) is 9. The molecule has 0 aliphatic heterocycles. The predicted octanol–water partition coefficient (Wildman–Crippen LogP) is 4.56. The predicted molar refractivity (Wildman–Crippen MR) is 159 cm³/mol. The first-order chi connectivity index (χ1) is 19.8. The summed E-state index contributed by atoms with van der Waals surface area (Å²) in [5.41, 5.74) is 15.1. The van der Waals surface area contributed by atoms with Gasteiger partial charge in [-0.2, -0.15) is 0 Å². The van der Waals surface area contributed by atoms with Crippen LogP contribution in [0.5, 0.6) is 0 Å². The Hall–Kier alpha value is -5.61. The molecule has 7 rings (SSSR count). The van der Waals surface area contributed by atoms with E-state index in [4.69, 9.17) is 29.8 Å². The second-order valence-corrected chi connectivity index (χ2v) is 9.00. The standard InChI is InChI=1S/C11H11NO3.C11H7NO2.C9H7NO2/c12-9-2-3-10-8(7(9)5-6-13)1-4-11(14)15-10;13-11-4-1-8-7-5-6-12-9(7)2-3-10(8)14-11;10-7-2-3-8-6(5-7)1-4-9(11)12-8/h1-4,13H,5-6,12H2;1-6,12H;1-5H,10H2. The maximum Gasteiger partial charge on any atom is 0.336 e. The third-order valence-electron chi connectivity index (χ3n) is 6.29. The number of nitrogen functional groups attached to an aromatic ring is 2. The molecule has 206 valence electrons. The van der Waals surface area contributed by atoms with Gasteiger partial charge in [-0.15, -0.1) is 0 Å². The van der Waals surface area contributed by atoms with E-state index in [0.717, 1.165) is 32.6 Å². The van der Waals surface area contributed by atoms with Crippen LogP contribution < -0.4 is 28.3 Å². The van der Waals surface area contributed by atoms with Crippen LogP contribution in [0.25, 0.3) is 43.8 Å². The number of fused-ring (bicyclic) bond motifs is 5. The number of nitrogens with one attached hydrogen (secondary N) is 1. The van der Waals surface area contributed by atoms with Crippen LogP contribution in [0.15, 0.2) is 119 Å². The lowest BCUT2D eigenvalue weighted by Crippen LogP contribution is -2.01. The zero-order valence-corrected chi connectivity index (χ0v) is 21.6. The van der Waals surface area contributed by atoms with Gasteiger partial charge in [-0.3, -0.25) is 0 Å². The fraction of sp³-hybridized carbons (Fsp3) is 0.0645. The van der Waals surface area contributed by atoms with E-state index in [0.29, 0.717) is 34.5 Å². The molecular formula is C31H25N3O7. The van der Waals surface area contributed by atoms with Gasteiger partial charge >= 0.3 is 16.9 Å². The van der Waals surface area contributed by atoms with Gasteiger partial charge in [0.15, 0.2) is 0 Å². The number of hydrogen-bond donors (Lipinski definition) is 4. The Morgan fingerprint density at radius 3 is 1.98 bits per heavy atom. The molecule has 4 aromatic heterocycles. The highest BCUT2D eigenvalue weighted by molar-refractivity contribution is 6.04. The quantitative estimate of drug-likeness (QED) is 0.177. The molecule has 10 heteroatoms. The summed E-state index contributed by atoms with van der Waals surface area (Å²) in [6.07, 6.45) is 2.33. The average Bonchev–Trinajstić information content (AvgIpc) is 3.45. The van der Waals surface area contributed by atoms with Gasteiger partial charge in [0.05, 0.1) is 0 Å². The lowest BCUT2D eigenvalue weighted by molar-refractivity contribution is 0.300. The molecule has 41 heavy (non-hydrogen) atoms. The molecular weight excluding hydrogens is 526 g/mol. The van der Waals surface area contributed by atoms with Crippen molar-refractivity contribution in [3.63, 3.8) is 0 Å². The molecule has 0 saturated carbocycles. The Morgan fingerprint density at radius 1 is 0.634 bits per heavy atom. The summed E-state index contributed by atoms with van der Waals surface area (Å²) in [6, 6.07) is 23.5. The van der Waals surface area contributed by atoms with Gasteiger partial charge in [0.2, 0.25) is 0 Å². The summed E-state index contributed by atoms with van der Waals surface area (Å²) in [5.74, 6) is 0. The van der Waals surface area contributed by atoms with E-state index in [2.05, 4.69) is 4.98 Å². The first-order valence-electron chi connectivity index (χ1n) is 12.5. The van der Waals surface area contributed by atoms with Crippen molar-refractivity contribution in [2.75, 3.05) is 18.1 Å². The Bertz CT molecular complexity index is 2170. The lowest BCUT2D eigenvalue weighted by Gasteiger charge is -2.06. The molecule has 0 aliphatic carbocycles. The lowest BCUT2D eigenvalue weighted by atomic mass is 10.0. The van der Waals surface area contributed by atoms with E-state index in [-0.39, 0.29) is 23.5 Å². The Kier molecular flexibility index (Phi) is 7.66. The summed E-state index contributed by atoms with van der Waals surface area (Å²) < 4.78 is 15.0. The van der Waals surface area contributed by atoms with Crippen LogP contribution in [0.1, 0.15) is 5.56 Å². The molecule has 0 unspecified atom stereocenters. The summed E-state index contributed by atoms with van der Waals surface area (Å²) in [4.78, 5) is 35.9. The number of aliphatic hydroxyl groups is 1. The third kappa shape index (κ3) is 6.02. The second-order valence-electron chi connectivity index (χ2n) is 9.00. The van der Waals surface area contributed by atoms with Gasteiger partial charge in [0.1, 0.15) is 16.7 Å². The fourth-order valence-corrected chi connectivity index (χ4v) is 4.40. The second kappa shape index (κ2) is 11.6. The average molecular weight is 552 g/mol. The molecule has 4 heterocycles. The van der Waals surface area contributed by atoms with Crippen LogP contribution in [0.2, 0.25) is 0 Å². The zero-order valence-electron chi connectivity index (χ0n) is 21.6. The Labute approximate surface area is 231 Å². The summed E-state index contributed by atoms with van der Waals surface area (Å²) in [7, 11) is 0. The molecule has 10 nitrogen and oxygen atoms in total. The zero-order chi connectivity index (χ0) is 28.9. The molecule has 0 aliphatic rings. The van der Waals surface area contributed by atoms with E-state index in [1.165, 1.54) is 18.2 Å². The van der Waals surface area contributed by atoms with Gasteiger partial charge in [0.25, 0.3) is 0 Å².